The maximum Gasteiger partial charge on any atom is 0.245 e. The van der Waals surface area contributed by atoms with Crippen molar-refractivity contribution in [1.29, 1.82) is 0 Å². The van der Waals surface area contributed by atoms with E-state index in [2.05, 4.69) is 15.6 Å². The van der Waals surface area contributed by atoms with Gasteiger partial charge in [-0.3, -0.25) is 14.4 Å². The van der Waals surface area contributed by atoms with Crippen molar-refractivity contribution in [3.63, 3.8) is 0 Å². The van der Waals surface area contributed by atoms with Gasteiger partial charge in [0.15, 0.2) is 0 Å². The van der Waals surface area contributed by atoms with Gasteiger partial charge in [0.1, 0.15) is 6.61 Å². The lowest BCUT2D eigenvalue weighted by Crippen LogP contribution is -2.33. The molecule has 0 saturated heterocycles. The van der Waals surface area contributed by atoms with Crippen molar-refractivity contribution in [3.8, 4) is 0 Å². The second kappa shape index (κ2) is 7.28. The number of nitrogens with one attached hydrogen (secondary N) is 2. The number of nitrogens with two attached hydrogens (primary N) is 1. The van der Waals surface area contributed by atoms with Crippen LogP contribution in [0, 0.1) is 0 Å². The van der Waals surface area contributed by atoms with Crippen molar-refractivity contribution in [3.05, 3.63) is 0 Å². The van der Waals surface area contributed by atoms with E-state index in [9.17, 15) is 9.59 Å². The van der Waals surface area contributed by atoms with Crippen molar-refractivity contribution >= 4 is 11.8 Å². The summed E-state index contributed by atoms with van der Waals surface area (Å²) in [4.78, 5) is 25.9. The third kappa shape index (κ3) is 8.95. The molecule has 0 unspecified atom stereocenters. The van der Waals surface area contributed by atoms with E-state index in [1.165, 1.54) is 0 Å². The summed E-state index contributed by atoms with van der Waals surface area (Å²) in [6.07, 6.45) is 0.303. The van der Waals surface area contributed by atoms with E-state index in [0.29, 0.717) is 13.0 Å². The van der Waals surface area contributed by atoms with Gasteiger partial charge in [-0.1, -0.05) is 0 Å². The van der Waals surface area contributed by atoms with Crippen LogP contribution in [0.3, 0.4) is 0 Å². The Labute approximate surface area is 83.1 Å². The monoisotopic (exact) mass is 203 g/mol. The van der Waals surface area contributed by atoms with Crippen LogP contribution < -0.4 is 16.5 Å². The molecular formula is C8H17N3O3. The molecule has 6 nitrogen and oxygen atoms in total. The lowest BCUT2D eigenvalue weighted by molar-refractivity contribution is -0.125. The lowest BCUT2D eigenvalue weighted by atomic mass is 10.3. The van der Waals surface area contributed by atoms with Crippen molar-refractivity contribution < 1.29 is 14.4 Å². The molecule has 0 bridgehead atoms. The summed E-state index contributed by atoms with van der Waals surface area (Å²) >= 11 is 0. The van der Waals surface area contributed by atoms with Crippen LogP contribution in [0.4, 0.5) is 0 Å². The molecule has 82 valence electrons. The van der Waals surface area contributed by atoms with E-state index in [-0.39, 0.29) is 18.6 Å². The average Bonchev–Trinajstić information content (AvgIpc) is 2.01. The van der Waals surface area contributed by atoms with Crippen LogP contribution in [-0.2, 0) is 14.4 Å². The highest BCUT2D eigenvalue weighted by molar-refractivity contribution is 5.76. The fourth-order valence-electron chi connectivity index (χ4n) is 0.753. The molecule has 0 atom stereocenters. The minimum absolute atomic E-state index is 0.0600. The third-order valence-electron chi connectivity index (χ3n) is 1.22. The van der Waals surface area contributed by atoms with Gasteiger partial charge in [0.05, 0.1) is 0 Å². The molecule has 0 aliphatic rings. The Morgan fingerprint density at radius 3 is 2.57 bits per heavy atom. The quantitative estimate of drug-likeness (QED) is 0.362. The van der Waals surface area contributed by atoms with Crippen molar-refractivity contribution in [2.45, 2.75) is 26.3 Å². The molecule has 0 spiro atoms. The summed E-state index contributed by atoms with van der Waals surface area (Å²) in [5.41, 5.74) is 7.28. The van der Waals surface area contributed by atoms with Crippen molar-refractivity contribution in [2.75, 3.05) is 13.2 Å². The summed E-state index contributed by atoms with van der Waals surface area (Å²) in [5, 5.41) is 2.72. The predicted octanol–water partition coefficient (Wildman–Crippen LogP) is -1.09. The minimum Gasteiger partial charge on any atom is -0.368 e. The van der Waals surface area contributed by atoms with Crippen LogP contribution in [0.5, 0.6) is 0 Å². The Bertz CT molecular complexity index is 194. The first-order valence-electron chi connectivity index (χ1n) is 4.44. The molecule has 6 heteroatoms. The average molecular weight is 203 g/mol. The van der Waals surface area contributed by atoms with E-state index >= 15 is 0 Å². The fraction of sp³-hybridized carbons (Fsp3) is 0.750. The molecule has 0 radical (unpaired) electrons. The highest BCUT2D eigenvalue weighted by atomic mass is 16.6. The topological polar surface area (TPSA) is 93.4 Å². The van der Waals surface area contributed by atoms with Crippen LogP contribution in [0.2, 0.25) is 0 Å². The fourth-order valence-corrected chi connectivity index (χ4v) is 0.753. The molecule has 0 saturated carbocycles. The molecule has 14 heavy (non-hydrogen) atoms. The summed E-state index contributed by atoms with van der Waals surface area (Å²) in [5.74, 6) is -0.612. The Morgan fingerprint density at radius 2 is 2.07 bits per heavy atom. The first kappa shape index (κ1) is 12.9. The van der Waals surface area contributed by atoms with Crippen molar-refractivity contribution in [1.82, 2.24) is 10.8 Å². The number of hydrogen-bond acceptors (Lipinski definition) is 4. The third-order valence-corrected chi connectivity index (χ3v) is 1.22. The van der Waals surface area contributed by atoms with Gasteiger partial charge in [0, 0.05) is 19.0 Å². The number of carbonyl (C=O) groups is 2. The normalized spacial score (nSPS) is 10.2. The van der Waals surface area contributed by atoms with Crippen LogP contribution in [0.1, 0.15) is 20.3 Å². The second-order valence-corrected chi connectivity index (χ2v) is 3.12. The second-order valence-electron chi connectivity index (χ2n) is 3.12. The van der Waals surface area contributed by atoms with Gasteiger partial charge < -0.3 is 11.1 Å². The van der Waals surface area contributed by atoms with E-state index in [1.807, 2.05) is 13.8 Å². The number of amides is 2. The number of rotatable bonds is 7. The smallest absolute Gasteiger partial charge is 0.245 e. The Morgan fingerprint density at radius 1 is 1.43 bits per heavy atom. The Hall–Kier alpha value is -1.14. The molecule has 4 N–H and O–H groups in total. The predicted molar refractivity (Wildman–Crippen MR) is 51.0 cm³/mol. The number of hydroxylamine groups is 1. The number of carbonyl (C=O) groups excluding carboxylic acids is 2. The van der Waals surface area contributed by atoms with Crippen LogP contribution in [0.15, 0.2) is 0 Å². The minimum atomic E-state index is -0.552. The standard InChI is InChI=1S/C8H17N3O3/c1-6(2)11-8(13)3-4-10-14-5-7(9)12/h6,10H,3-5H2,1-2H3,(H2,9,12)(H,11,13). The van der Waals surface area contributed by atoms with E-state index in [1.54, 1.807) is 0 Å². The first-order chi connectivity index (χ1) is 6.52. The van der Waals surface area contributed by atoms with E-state index < -0.39 is 5.91 Å². The zero-order chi connectivity index (χ0) is 11.0. The zero-order valence-corrected chi connectivity index (χ0v) is 8.50. The van der Waals surface area contributed by atoms with Crippen LogP contribution in [0.25, 0.3) is 0 Å². The molecule has 0 fully saturated rings. The summed E-state index contributed by atoms with van der Waals surface area (Å²) in [7, 11) is 0. The van der Waals surface area contributed by atoms with Crippen LogP contribution in [-0.4, -0.2) is 31.0 Å². The molecule has 0 aromatic heterocycles. The zero-order valence-electron chi connectivity index (χ0n) is 8.50. The Kier molecular flexibility index (Phi) is 6.69. The number of primary amides is 1. The van der Waals surface area contributed by atoms with Crippen molar-refractivity contribution in [2.24, 2.45) is 5.73 Å². The van der Waals surface area contributed by atoms with Gasteiger partial charge in [-0.2, -0.15) is 0 Å². The molecule has 0 heterocycles. The Balaban J connectivity index is 3.27. The van der Waals surface area contributed by atoms with Crippen LogP contribution >= 0.6 is 0 Å². The highest BCUT2D eigenvalue weighted by Gasteiger charge is 2.02. The molecular weight excluding hydrogens is 186 g/mol. The molecule has 0 aliphatic heterocycles. The van der Waals surface area contributed by atoms with Gasteiger partial charge in [0.2, 0.25) is 11.8 Å². The van der Waals surface area contributed by atoms with Gasteiger partial charge in [0.25, 0.3) is 0 Å². The van der Waals surface area contributed by atoms with Gasteiger partial charge in [-0.15, -0.1) is 0 Å². The molecule has 0 aliphatic carbocycles. The van der Waals surface area contributed by atoms with Gasteiger partial charge >= 0.3 is 0 Å². The summed E-state index contributed by atoms with van der Waals surface area (Å²) < 4.78 is 0. The first-order valence-corrected chi connectivity index (χ1v) is 4.44. The van der Waals surface area contributed by atoms with E-state index in [4.69, 9.17) is 5.73 Å². The molecule has 0 aromatic rings. The van der Waals surface area contributed by atoms with Gasteiger partial charge in [-0.25, -0.2) is 5.48 Å². The summed E-state index contributed by atoms with van der Waals surface area (Å²) in [6.45, 7) is 3.93. The highest BCUT2D eigenvalue weighted by Crippen LogP contribution is 1.82. The lowest BCUT2D eigenvalue weighted by Gasteiger charge is -2.08. The largest absolute Gasteiger partial charge is 0.368 e. The van der Waals surface area contributed by atoms with Gasteiger partial charge in [-0.05, 0) is 13.8 Å². The summed E-state index contributed by atoms with van der Waals surface area (Å²) in [6, 6.07) is 0.133. The molecule has 0 aromatic carbocycles. The van der Waals surface area contributed by atoms with E-state index in [0.717, 1.165) is 0 Å². The number of hydrogen-bond donors (Lipinski definition) is 3. The maximum atomic E-state index is 11.1. The molecule has 2 amide bonds. The molecule has 0 rings (SSSR count). The maximum absolute atomic E-state index is 11.1. The SMILES string of the molecule is CC(C)NC(=O)CCNOCC(N)=O.